The predicted molar refractivity (Wildman–Crippen MR) is 86.5 cm³/mol. The molecule has 5 heteroatoms. The lowest BCUT2D eigenvalue weighted by molar-refractivity contribution is -0.120. The number of aryl methyl sites for hydroxylation is 1. The Morgan fingerprint density at radius 3 is 2.39 bits per heavy atom. The van der Waals surface area contributed by atoms with Crippen molar-refractivity contribution in [1.82, 2.24) is 10.6 Å². The lowest BCUT2D eigenvalue weighted by Gasteiger charge is -2.14. The third-order valence-corrected chi connectivity index (χ3v) is 3.38. The lowest BCUT2D eigenvalue weighted by atomic mass is 10.0. The Balaban J connectivity index is 1.93. The van der Waals surface area contributed by atoms with Crippen LogP contribution in [0.4, 0.5) is 0 Å². The van der Waals surface area contributed by atoms with Crippen LogP contribution < -0.4 is 10.6 Å². The predicted octanol–water partition coefficient (Wildman–Crippen LogP) is 2.11. The highest BCUT2D eigenvalue weighted by Gasteiger charge is 2.16. The molecule has 0 unspecified atom stereocenters. The van der Waals surface area contributed by atoms with E-state index >= 15 is 0 Å². The highest BCUT2D eigenvalue weighted by molar-refractivity contribution is 5.96. The van der Waals surface area contributed by atoms with E-state index in [1.807, 2.05) is 31.2 Å². The van der Waals surface area contributed by atoms with Crippen molar-refractivity contribution in [3.05, 3.63) is 71.3 Å². The minimum atomic E-state index is -0.739. The quantitative estimate of drug-likeness (QED) is 0.887. The molecule has 0 aliphatic carbocycles. The van der Waals surface area contributed by atoms with Crippen LogP contribution in [0.2, 0.25) is 0 Å². The number of nitriles is 1. The molecule has 116 valence electrons. The van der Waals surface area contributed by atoms with Gasteiger partial charge < -0.3 is 10.6 Å². The topological polar surface area (TPSA) is 82.0 Å². The second kappa shape index (κ2) is 7.76. The molecule has 2 N–H and O–H groups in total. The number of carbonyl (C=O) groups is 2. The van der Waals surface area contributed by atoms with E-state index in [0.29, 0.717) is 5.56 Å². The molecule has 2 aromatic carbocycles. The zero-order valence-corrected chi connectivity index (χ0v) is 12.7. The molecule has 2 amide bonds. The Labute approximate surface area is 134 Å². The summed E-state index contributed by atoms with van der Waals surface area (Å²) in [5.74, 6) is -0.741. The van der Waals surface area contributed by atoms with Crippen molar-refractivity contribution in [3.8, 4) is 6.07 Å². The highest BCUT2D eigenvalue weighted by atomic mass is 16.2. The minimum Gasteiger partial charge on any atom is -0.343 e. The van der Waals surface area contributed by atoms with Gasteiger partial charge in [-0.3, -0.25) is 9.59 Å². The summed E-state index contributed by atoms with van der Waals surface area (Å²) in [7, 11) is 0. The number of hydrogen-bond donors (Lipinski definition) is 2. The summed E-state index contributed by atoms with van der Waals surface area (Å²) in [5.41, 5.74) is 2.15. The summed E-state index contributed by atoms with van der Waals surface area (Å²) in [5, 5.41) is 14.4. The summed E-state index contributed by atoms with van der Waals surface area (Å²) < 4.78 is 0. The van der Waals surface area contributed by atoms with Gasteiger partial charge in [0.2, 0.25) is 5.91 Å². The first-order valence-electron chi connectivity index (χ1n) is 7.19. The van der Waals surface area contributed by atoms with Crippen molar-refractivity contribution >= 4 is 11.8 Å². The Hall–Kier alpha value is -3.13. The molecule has 0 spiro atoms. The van der Waals surface area contributed by atoms with Crippen LogP contribution in [-0.4, -0.2) is 18.4 Å². The third-order valence-electron chi connectivity index (χ3n) is 3.38. The van der Waals surface area contributed by atoms with Crippen LogP contribution in [0.15, 0.2) is 54.6 Å². The molecular formula is C18H17N3O2. The molecule has 5 nitrogen and oxygen atoms in total. The van der Waals surface area contributed by atoms with Gasteiger partial charge in [-0.25, -0.2) is 0 Å². The van der Waals surface area contributed by atoms with Crippen LogP contribution in [0.1, 0.15) is 27.5 Å². The fraction of sp³-hybridized carbons (Fsp3) is 0.167. The average Bonchev–Trinajstić information content (AvgIpc) is 2.59. The zero-order valence-electron chi connectivity index (χ0n) is 12.7. The molecule has 0 aromatic heterocycles. The highest BCUT2D eigenvalue weighted by Crippen LogP contribution is 2.16. The van der Waals surface area contributed by atoms with Gasteiger partial charge in [0.1, 0.15) is 6.04 Å². The molecule has 0 radical (unpaired) electrons. The van der Waals surface area contributed by atoms with Gasteiger partial charge in [0.25, 0.3) is 5.91 Å². The van der Waals surface area contributed by atoms with Crippen molar-refractivity contribution in [1.29, 1.82) is 5.26 Å². The number of rotatable bonds is 5. The van der Waals surface area contributed by atoms with Crippen molar-refractivity contribution in [2.24, 2.45) is 0 Å². The van der Waals surface area contributed by atoms with E-state index in [1.165, 1.54) is 0 Å². The van der Waals surface area contributed by atoms with Gasteiger partial charge in [0, 0.05) is 5.56 Å². The van der Waals surface area contributed by atoms with Crippen LogP contribution in [0.3, 0.4) is 0 Å². The third kappa shape index (κ3) is 4.42. The first kappa shape index (κ1) is 16.2. The number of nitrogens with zero attached hydrogens (tertiary/aromatic N) is 1. The van der Waals surface area contributed by atoms with Gasteiger partial charge in [-0.1, -0.05) is 42.5 Å². The van der Waals surface area contributed by atoms with E-state index in [-0.39, 0.29) is 12.5 Å². The Bertz CT molecular complexity index is 735. The number of benzene rings is 2. The van der Waals surface area contributed by atoms with E-state index < -0.39 is 11.9 Å². The first-order valence-corrected chi connectivity index (χ1v) is 7.19. The molecule has 0 saturated carbocycles. The van der Waals surface area contributed by atoms with Gasteiger partial charge in [-0.05, 0) is 30.2 Å². The number of amides is 2. The minimum absolute atomic E-state index is 0.183. The molecule has 0 heterocycles. The summed E-state index contributed by atoms with van der Waals surface area (Å²) in [6.07, 6.45) is 0. The van der Waals surface area contributed by atoms with Crippen molar-refractivity contribution in [2.45, 2.75) is 13.0 Å². The molecular weight excluding hydrogens is 290 g/mol. The van der Waals surface area contributed by atoms with Crippen molar-refractivity contribution < 1.29 is 9.59 Å². The molecule has 0 aliphatic rings. The molecule has 0 aliphatic heterocycles. The molecule has 0 saturated heterocycles. The van der Waals surface area contributed by atoms with Crippen LogP contribution >= 0.6 is 0 Å². The second-order valence-electron chi connectivity index (χ2n) is 5.03. The zero-order chi connectivity index (χ0) is 16.7. The summed E-state index contributed by atoms with van der Waals surface area (Å²) in [6, 6.07) is 17.3. The van der Waals surface area contributed by atoms with Gasteiger partial charge in [0.15, 0.2) is 0 Å². The van der Waals surface area contributed by atoms with Gasteiger partial charge in [-0.15, -0.1) is 0 Å². The van der Waals surface area contributed by atoms with Gasteiger partial charge in [-0.2, -0.15) is 5.26 Å². The normalized spacial score (nSPS) is 11.1. The van der Waals surface area contributed by atoms with E-state index in [9.17, 15) is 14.9 Å². The van der Waals surface area contributed by atoms with E-state index in [2.05, 4.69) is 16.7 Å². The Morgan fingerprint density at radius 2 is 1.74 bits per heavy atom. The average molecular weight is 307 g/mol. The maximum absolute atomic E-state index is 12.0. The lowest BCUT2D eigenvalue weighted by Crippen LogP contribution is -2.38. The van der Waals surface area contributed by atoms with Crippen LogP contribution in [0.25, 0.3) is 0 Å². The molecule has 23 heavy (non-hydrogen) atoms. The maximum Gasteiger partial charge on any atom is 0.251 e. The summed E-state index contributed by atoms with van der Waals surface area (Å²) in [4.78, 5) is 23.8. The number of nitrogens with one attached hydrogen (secondary N) is 2. The second-order valence-corrected chi connectivity index (χ2v) is 5.03. The smallest absolute Gasteiger partial charge is 0.251 e. The first-order chi connectivity index (χ1) is 11.1. The van der Waals surface area contributed by atoms with Gasteiger partial charge in [0.05, 0.1) is 12.6 Å². The van der Waals surface area contributed by atoms with Crippen LogP contribution in [0, 0.1) is 18.3 Å². The Morgan fingerprint density at radius 1 is 1.09 bits per heavy atom. The Kier molecular flexibility index (Phi) is 5.48. The maximum atomic E-state index is 12.0. The van der Waals surface area contributed by atoms with Crippen molar-refractivity contribution in [2.75, 3.05) is 6.54 Å². The van der Waals surface area contributed by atoms with E-state index in [4.69, 9.17) is 0 Å². The van der Waals surface area contributed by atoms with Crippen LogP contribution in [0.5, 0.6) is 0 Å². The molecule has 1 atom stereocenters. The van der Waals surface area contributed by atoms with E-state index in [1.54, 1.807) is 30.3 Å². The van der Waals surface area contributed by atoms with Crippen LogP contribution in [-0.2, 0) is 4.79 Å². The fourth-order valence-corrected chi connectivity index (χ4v) is 2.15. The molecule has 0 bridgehead atoms. The summed E-state index contributed by atoms with van der Waals surface area (Å²) >= 11 is 0. The number of carbonyl (C=O) groups excluding carboxylic acids is 2. The van der Waals surface area contributed by atoms with E-state index in [0.717, 1.165) is 11.1 Å². The standard InChI is InChI=1S/C18H17N3O2/c1-13-7-5-6-10-15(13)16(11-19)21-17(22)12-20-18(23)14-8-3-2-4-9-14/h2-10,16H,12H2,1H3,(H,20,23)(H,21,22)/t16-/m0/s1. The largest absolute Gasteiger partial charge is 0.343 e. The monoisotopic (exact) mass is 307 g/mol. The SMILES string of the molecule is Cc1ccccc1[C@H](C#N)NC(=O)CNC(=O)c1ccccc1. The summed E-state index contributed by atoms with van der Waals surface area (Å²) in [6.45, 7) is 1.70. The fourth-order valence-electron chi connectivity index (χ4n) is 2.15. The molecule has 0 fully saturated rings. The molecule has 2 aromatic rings. The molecule has 2 rings (SSSR count). The van der Waals surface area contributed by atoms with Gasteiger partial charge >= 0.3 is 0 Å². The number of hydrogen-bond acceptors (Lipinski definition) is 3. The van der Waals surface area contributed by atoms with Crippen molar-refractivity contribution in [3.63, 3.8) is 0 Å².